The smallest absolute Gasteiger partial charge is 0.293 e. The van der Waals surface area contributed by atoms with Crippen LogP contribution >= 0.6 is 35.4 Å². The van der Waals surface area contributed by atoms with Crippen molar-refractivity contribution in [2.45, 2.75) is 0 Å². The summed E-state index contributed by atoms with van der Waals surface area (Å²) in [6.45, 7) is 0. The van der Waals surface area contributed by atoms with Crippen LogP contribution in [0.2, 0.25) is 10.0 Å². The van der Waals surface area contributed by atoms with Gasteiger partial charge in [-0.2, -0.15) is 0 Å². The molecule has 0 radical (unpaired) electrons. The molecular formula is C26H17Cl2N3O4S. The van der Waals surface area contributed by atoms with Gasteiger partial charge in [0.05, 0.1) is 17.2 Å². The number of nitrogens with one attached hydrogen (secondary N) is 2. The molecule has 5 aromatic rings. The second-order valence-electron chi connectivity index (χ2n) is 7.60. The lowest BCUT2D eigenvalue weighted by molar-refractivity contribution is 0.0951. The maximum Gasteiger partial charge on any atom is 0.293 e. The lowest BCUT2D eigenvalue weighted by Gasteiger charge is -2.08. The van der Waals surface area contributed by atoms with Crippen LogP contribution in [0.15, 0.2) is 81.6 Å². The van der Waals surface area contributed by atoms with Gasteiger partial charge in [0.2, 0.25) is 5.89 Å². The third-order valence-electron chi connectivity index (χ3n) is 5.26. The molecule has 36 heavy (non-hydrogen) atoms. The first-order valence-electron chi connectivity index (χ1n) is 10.6. The number of carbonyl (C=O) groups is 1. The number of ether oxygens (including phenoxy) is 1. The van der Waals surface area contributed by atoms with Gasteiger partial charge >= 0.3 is 0 Å². The molecule has 0 unspecified atom stereocenters. The summed E-state index contributed by atoms with van der Waals surface area (Å²) in [7, 11) is 1.61. The van der Waals surface area contributed by atoms with Crippen LogP contribution < -0.4 is 15.4 Å². The van der Waals surface area contributed by atoms with E-state index in [0.717, 1.165) is 11.3 Å². The van der Waals surface area contributed by atoms with Crippen LogP contribution in [0.1, 0.15) is 10.6 Å². The molecule has 0 aliphatic rings. The summed E-state index contributed by atoms with van der Waals surface area (Å²) in [6.07, 6.45) is 0. The molecule has 10 heteroatoms. The summed E-state index contributed by atoms with van der Waals surface area (Å²) < 4.78 is 16.7. The molecule has 7 nitrogen and oxygen atoms in total. The summed E-state index contributed by atoms with van der Waals surface area (Å²) in [5, 5.41) is 6.40. The zero-order valence-corrected chi connectivity index (χ0v) is 21.0. The zero-order valence-electron chi connectivity index (χ0n) is 18.7. The van der Waals surface area contributed by atoms with Gasteiger partial charge in [0.25, 0.3) is 5.91 Å². The van der Waals surface area contributed by atoms with Crippen molar-refractivity contribution in [3.63, 3.8) is 0 Å². The highest BCUT2D eigenvalue weighted by Gasteiger charge is 2.16. The van der Waals surface area contributed by atoms with Gasteiger partial charge < -0.3 is 18.9 Å². The number of amides is 1. The van der Waals surface area contributed by atoms with Crippen molar-refractivity contribution < 1.29 is 18.4 Å². The van der Waals surface area contributed by atoms with E-state index in [1.165, 1.54) is 6.07 Å². The number of hydrogen-bond donors (Lipinski definition) is 2. The SMILES string of the molecule is COc1ccc(-c2nc3cc(NC(=S)NC(=O)c4ccc(-c5cccc(Cl)c5Cl)o4)ccc3o2)cc1. The number of thiocarbonyl (C=S) groups is 1. The van der Waals surface area contributed by atoms with E-state index in [2.05, 4.69) is 15.6 Å². The largest absolute Gasteiger partial charge is 0.497 e. The molecule has 0 aliphatic heterocycles. The summed E-state index contributed by atoms with van der Waals surface area (Å²) in [5.74, 6) is 1.20. The molecule has 5 rings (SSSR count). The van der Waals surface area contributed by atoms with Crippen LogP contribution in [-0.4, -0.2) is 23.1 Å². The summed E-state index contributed by atoms with van der Waals surface area (Å²) >= 11 is 17.6. The van der Waals surface area contributed by atoms with Crippen molar-refractivity contribution in [1.82, 2.24) is 10.3 Å². The predicted molar refractivity (Wildman–Crippen MR) is 144 cm³/mol. The van der Waals surface area contributed by atoms with Gasteiger partial charge in [-0.15, -0.1) is 0 Å². The average molecular weight is 538 g/mol. The molecule has 0 saturated carbocycles. The van der Waals surface area contributed by atoms with Crippen LogP contribution in [0.3, 0.4) is 0 Å². The van der Waals surface area contributed by atoms with Crippen LogP contribution in [0.4, 0.5) is 5.69 Å². The molecule has 0 aliphatic carbocycles. The number of nitrogens with zero attached hydrogens (tertiary/aromatic N) is 1. The van der Waals surface area contributed by atoms with Crippen molar-refractivity contribution in [3.05, 3.63) is 88.6 Å². The Morgan fingerprint density at radius 1 is 1.00 bits per heavy atom. The van der Waals surface area contributed by atoms with Crippen molar-refractivity contribution in [3.8, 4) is 28.5 Å². The number of carbonyl (C=O) groups excluding carboxylic acids is 1. The van der Waals surface area contributed by atoms with Gasteiger partial charge in [0.1, 0.15) is 17.0 Å². The highest BCUT2D eigenvalue weighted by molar-refractivity contribution is 7.80. The highest BCUT2D eigenvalue weighted by Crippen LogP contribution is 2.34. The first-order valence-corrected chi connectivity index (χ1v) is 11.8. The number of oxazole rings is 1. The second kappa shape index (κ2) is 10.0. The van der Waals surface area contributed by atoms with Crippen molar-refractivity contribution in [2.24, 2.45) is 0 Å². The first-order chi connectivity index (χ1) is 17.4. The van der Waals surface area contributed by atoms with E-state index in [9.17, 15) is 4.79 Å². The monoisotopic (exact) mass is 537 g/mol. The molecule has 2 aromatic heterocycles. The predicted octanol–water partition coefficient (Wildman–Crippen LogP) is 7.20. The molecule has 1 amide bonds. The average Bonchev–Trinajstić information content (AvgIpc) is 3.53. The maximum atomic E-state index is 12.6. The summed E-state index contributed by atoms with van der Waals surface area (Å²) in [4.78, 5) is 17.2. The van der Waals surface area contributed by atoms with Crippen molar-refractivity contribution in [2.75, 3.05) is 12.4 Å². The molecule has 2 N–H and O–H groups in total. The third-order valence-corrected chi connectivity index (χ3v) is 6.28. The number of benzene rings is 3. The Bertz CT molecular complexity index is 1590. The number of methoxy groups -OCH3 is 1. The number of aromatic nitrogens is 1. The highest BCUT2D eigenvalue weighted by atomic mass is 35.5. The van der Waals surface area contributed by atoms with Gasteiger partial charge in [-0.05, 0) is 78.9 Å². The molecule has 0 spiro atoms. The van der Waals surface area contributed by atoms with Gasteiger partial charge in [-0.25, -0.2) is 4.98 Å². The number of rotatable bonds is 5. The molecule has 0 fully saturated rings. The maximum absolute atomic E-state index is 12.6. The molecule has 0 saturated heterocycles. The fourth-order valence-corrected chi connectivity index (χ4v) is 4.09. The molecule has 0 bridgehead atoms. The van der Waals surface area contributed by atoms with E-state index in [1.807, 2.05) is 24.3 Å². The van der Waals surface area contributed by atoms with Gasteiger partial charge in [-0.1, -0.05) is 29.3 Å². The van der Waals surface area contributed by atoms with Crippen LogP contribution in [0.25, 0.3) is 33.9 Å². The summed E-state index contributed by atoms with van der Waals surface area (Å²) in [5.41, 5.74) is 3.28. The minimum absolute atomic E-state index is 0.0706. The quantitative estimate of drug-likeness (QED) is 0.229. The number of furan rings is 1. The van der Waals surface area contributed by atoms with Crippen molar-refractivity contribution in [1.29, 1.82) is 0 Å². The van der Waals surface area contributed by atoms with Gasteiger partial charge in [0.15, 0.2) is 16.5 Å². The van der Waals surface area contributed by atoms with Crippen LogP contribution in [0, 0.1) is 0 Å². The van der Waals surface area contributed by atoms with E-state index in [1.54, 1.807) is 49.6 Å². The second-order valence-corrected chi connectivity index (χ2v) is 8.80. The van der Waals surface area contributed by atoms with E-state index < -0.39 is 5.91 Å². The molecule has 2 heterocycles. The topological polar surface area (TPSA) is 89.5 Å². The Balaban J connectivity index is 1.26. The van der Waals surface area contributed by atoms with Crippen molar-refractivity contribution >= 4 is 63.2 Å². The fraction of sp³-hybridized carbons (Fsp3) is 0.0385. The number of hydrogen-bond acceptors (Lipinski definition) is 6. The first kappa shape index (κ1) is 23.9. The van der Waals surface area contributed by atoms with E-state index in [-0.39, 0.29) is 10.9 Å². The third kappa shape index (κ3) is 4.92. The number of halogens is 2. The van der Waals surface area contributed by atoms with Crippen LogP contribution in [0.5, 0.6) is 5.75 Å². The minimum Gasteiger partial charge on any atom is -0.497 e. The Hall–Kier alpha value is -3.85. The summed E-state index contributed by atoms with van der Waals surface area (Å²) in [6, 6.07) is 21.1. The van der Waals surface area contributed by atoms with Gasteiger partial charge in [0, 0.05) is 16.8 Å². The molecule has 3 aromatic carbocycles. The lowest BCUT2D eigenvalue weighted by Crippen LogP contribution is -2.33. The standard InChI is InChI=1S/C26H17Cl2N3O4S/c1-33-16-8-5-14(6-9-16)25-30-19-13-15(7-10-21(19)35-25)29-26(36)31-24(32)22-12-11-20(34-22)17-3-2-4-18(27)23(17)28/h2-13H,1H3,(H2,29,31,32,36). The Labute approximate surface area is 221 Å². The van der Waals surface area contributed by atoms with E-state index >= 15 is 0 Å². The number of fused-ring (bicyclic) bond motifs is 1. The zero-order chi connectivity index (χ0) is 25.2. The normalized spacial score (nSPS) is 10.9. The minimum atomic E-state index is -0.513. The Morgan fingerprint density at radius 3 is 2.58 bits per heavy atom. The molecule has 180 valence electrons. The molecule has 0 atom stereocenters. The Kier molecular flexibility index (Phi) is 6.65. The van der Waals surface area contributed by atoms with Crippen LogP contribution in [-0.2, 0) is 0 Å². The molecular weight excluding hydrogens is 521 g/mol. The van der Waals surface area contributed by atoms with Gasteiger partial charge in [-0.3, -0.25) is 10.1 Å². The Morgan fingerprint density at radius 2 is 1.81 bits per heavy atom. The van der Waals surface area contributed by atoms with E-state index in [4.69, 9.17) is 49.0 Å². The number of anilines is 1. The van der Waals surface area contributed by atoms with E-state index in [0.29, 0.717) is 44.0 Å². The lowest BCUT2D eigenvalue weighted by atomic mass is 10.2. The fourth-order valence-electron chi connectivity index (χ4n) is 3.49.